The number of benzene rings is 3. The molecule has 2 heterocycles. The maximum absolute atomic E-state index is 10.0. The Bertz CT molecular complexity index is 1170. The summed E-state index contributed by atoms with van der Waals surface area (Å²) in [4.78, 5) is 2.47. The van der Waals surface area contributed by atoms with Gasteiger partial charge in [-0.1, -0.05) is 30.7 Å². The number of phenolic OH excluding ortho intramolecular Hbond substituents is 2. The second-order valence-electron chi connectivity index (χ2n) is 9.08. The van der Waals surface area contributed by atoms with E-state index >= 15 is 0 Å². The van der Waals surface area contributed by atoms with Crippen LogP contribution in [0, 0.1) is 0 Å². The summed E-state index contributed by atoms with van der Waals surface area (Å²) in [5.74, 6) is 1.91. The zero-order valence-electron chi connectivity index (χ0n) is 19.9. The van der Waals surface area contributed by atoms with Gasteiger partial charge in [-0.2, -0.15) is 0 Å². The van der Waals surface area contributed by atoms with E-state index in [9.17, 15) is 10.2 Å². The predicted octanol–water partition coefficient (Wildman–Crippen LogP) is 6.45. The van der Waals surface area contributed by atoms with Crippen molar-refractivity contribution in [2.75, 3.05) is 26.2 Å². The van der Waals surface area contributed by atoms with Crippen molar-refractivity contribution < 1.29 is 19.7 Å². The maximum atomic E-state index is 10.0. The van der Waals surface area contributed by atoms with Crippen LogP contribution in [0.5, 0.6) is 23.0 Å². The molecule has 1 saturated heterocycles. The van der Waals surface area contributed by atoms with Gasteiger partial charge in [-0.15, -0.1) is 12.4 Å². The topological polar surface area (TPSA) is 62.2 Å². The lowest BCUT2D eigenvalue weighted by Crippen LogP contribution is -2.33. The number of nitrogens with zero attached hydrogens (tertiary/aromatic N) is 1. The van der Waals surface area contributed by atoms with E-state index in [1.807, 2.05) is 42.5 Å². The van der Waals surface area contributed by atoms with Gasteiger partial charge >= 0.3 is 0 Å². The summed E-state index contributed by atoms with van der Waals surface area (Å²) in [6.45, 7) is 6.06. The summed E-state index contributed by atoms with van der Waals surface area (Å²) >= 11 is 0. The Hall–Kier alpha value is -3.15. The first kappa shape index (κ1) is 25.0. The molecular weight excluding hydrogens is 462 g/mol. The highest BCUT2D eigenvalue weighted by Gasteiger charge is 2.29. The first-order valence-corrected chi connectivity index (χ1v) is 12.0. The number of piperidine rings is 1. The van der Waals surface area contributed by atoms with Crippen molar-refractivity contribution in [3.63, 3.8) is 0 Å². The summed E-state index contributed by atoms with van der Waals surface area (Å²) in [6, 6.07) is 20.5. The molecule has 3 aromatic carbocycles. The molecule has 0 bridgehead atoms. The molecule has 184 valence electrons. The van der Waals surface area contributed by atoms with Crippen molar-refractivity contribution in [3.8, 4) is 23.0 Å². The highest BCUT2D eigenvalue weighted by molar-refractivity contribution is 5.95. The third-order valence-corrected chi connectivity index (χ3v) is 6.77. The number of hydrogen-bond donors (Lipinski definition) is 2. The summed E-state index contributed by atoms with van der Waals surface area (Å²) in [5.41, 5.74) is 5.06. The minimum Gasteiger partial charge on any atom is -0.508 e. The van der Waals surface area contributed by atoms with Gasteiger partial charge in [-0.05, 0) is 86.0 Å². The number of rotatable bonds is 6. The number of halogens is 1. The average molecular weight is 494 g/mol. The fraction of sp³-hybridized carbons (Fsp3) is 0.310. The van der Waals surface area contributed by atoms with Crippen LogP contribution in [0.15, 0.2) is 66.7 Å². The van der Waals surface area contributed by atoms with Crippen LogP contribution >= 0.6 is 12.4 Å². The molecule has 2 aliphatic heterocycles. The number of aromatic hydroxyl groups is 2. The quantitative estimate of drug-likeness (QED) is 0.413. The molecule has 0 amide bonds. The number of allylic oxidation sites excluding steroid dienone is 1. The Labute approximate surface area is 213 Å². The number of ether oxygens (including phenoxy) is 2. The van der Waals surface area contributed by atoms with E-state index in [-0.39, 0.29) is 30.0 Å². The highest BCUT2D eigenvalue weighted by atomic mass is 35.5. The van der Waals surface area contributed by atoms with E-state index in [1.165, 1.54) is 32.4 Å². The van der Waals surface area contributed by atoms with Gasteiger partial charge in [0.2, 0.25) is 0 Å². The SMILES string of the molecule is CC1=C(c2ccc(O)cc2)[C@@H](c2ccc(OCCN3CCCCC3)cc2)Oc2cc(O)ccc21.Cl. The summed E-state index contributed by atoms with van der Waals surface area (Å²) in [7, 11) is 0. The lowest BCUT2D eigenvalue weighted by molar-refractivity contribution is 0.183. The molecule has 0 saturated carbocycles. The Balaban J connectivity index is 0.00000289. The van der Waals surface area contributed by atoms with Gasteiger partial charge < -0.3 is 19.7 Å². The third-order valence-electron chi connectivity index (χ3n) is 6.77. The van der Waals surface area contributed by atoms with Crippen molar-refractivity contribution in [1.82, 2.24) is 4.90 Å². The number of phenols is 2. The van der Waals surface area contributed by atoms with Crippen LogP contribution in [0.4, 0.5) is 0 Å². The highest BCUT2D eigenvalue weighted by Crippen LogP contribution is 2.47. The maximum Gasteiger partial charge on any atom is 0.150 e. The number of fused-ring (bicyclic) bond motifs is 1. The molecule has 0 unspecified atom stereocenters. The lowest BCUT2D eigenvalue weighted by Gasteiger charge is -2.31. The molecule has 3 aromatic rings. The molecular formula is C29H32ClNO4. The molecule has 2 N–H and O–H groups in total. The fourth-order valence-electron chi connectivity index (χ4n) is 4.90. The van der Waals surface area contributed by atoms with Crippen LogP contribution in [-0.2, 0) is 0 Å². The van der Waals surface area contributed by atoms with Crippen molar-refractivity contribution >= 4 is 23.6 Å². The number of likely N-dealkylation sites (tertiary alicyclic amines) is 1. The molecule has 35 heavy (non-hydrogen) atoms. The van der Waals surface area contributed by atoms with Gasteiger partial charge in [0, 0.05) is 23.7 Å². The molecule has 6 heteroatoms. The molecule has 0 spiro atoms. The third kappa shape index (κ3) is 5.58. The van der Waals surface area contributed by atoms with E-state index < -0.39 is 0 Å². The van der Waals surface area contributed by atoms with Crippen LogP contribution in [0.3, 0.4) is 0 Å². The molecule has 1 atom stereocenters. The summed E-state index contributed by atoms with van der Waals surface area (Å²) in [5, 5.41) is 19.8. The zero-order chi connectivity index (χ0) is 23.5. The predicted molar refractivity (Wildman–Crippen MR) is 142 cm³/mol. The second kappa shape index (κ2) is 11.1. The zero-order valence-corrected chi connectivity index (χ0v) is 20.8. The van der Waals surface area contributed by atoms with Gasteiger partial charge in [0.15, 0.2) is 0 Å². The van der Waals surface area contributed by atoms with Crippen molar-refractivity contribution in [2.24, 2.45) is 0 Å². The van der Waals surface area contributed by atoms with Crippen LogP contribution < -0.4 is 9.47 Å². The van der Waals surface area contributed by atoms with Gasteiger partial charge in [0.1, 0.15) is 35.7 Å². The van der Waals surface area contributed by atoms with E-state index in [0.717, 1.165) is 40.1 Å². The molecule has 0 aromatic heterocycles. The molecule has 0 aliphatic carbocycles. The Kier molecular flexibility index (Phi) is 7.89. The Morgan fingerprint density at radius 3 is 2.29 bits per heavy atom. The molecule has 1 fully saturated rings. The summed E-state index contributed by atoms with van der Waals surface area (Å²) in [6.07, 6.45) is 3.56. The van der Waals surface area contributed by atoms with Crippen molar-refractivity contribution in [2.45, 2.75) is 32.3 Å². The Morgan fingerprint density at radius 1 is 0.886 bits per heavy atom. The first-order valence-electron chi connectivity index (χ1n) is 12.0. The minimum atomic E-state index is -0.346. The van der Waals surface area contributed by atoms with Crippen molar-refractivity contribution in [3.05, 3.63) is 83.4 Å². The second-order valence-corrected chi connectivity index (χ2v) is 9.08. The van der Waals surface area contributed by atoms with Gasteiger partial charge in [0.25, 0.3) is 0 Å². The van der Waals surface area contributed by atoms with Crippen molar-refractivity contribution in [1.29, 1.82) is 0 Å². The Morgan fingerprint density at radius 2 is 1.57 bits per heavy atom. The molecule has 5 rings (SSSR count). The van der Waals surface area contributed by atoms with Gasteiger partial charge in [0.05, 0.1) is 0 Å². The van der Waals surface area contributed by atoms with Gasteiger partial charge in [-0.25, -0.2) is 0 Å². The standard InChI is InChI=1S/C29H31NO4.ClH/c1-20-26-14-11-24(32)19-27(26)34-29(28(20)21-5-9-23(31)10-6-21)22-7-12-25(13-8-22)33-18-17-30-15-3-2-4-16-30;/h5-14,19,29,31-32H,2-4,15-18H2,1H3;1H/t29-;/m1./s1. The van der Waals surface area contributed by atoms with E-state index in [4.69, 9.17) is 9.47 Å². The van der Waals surface area contributed by atoms with Crippen LogP contribution in [0.1, 0.15) is 49.0 Å². The first-order chi connectivity index (χ1) is 16.6. The van der Waals surface area contributed by atoms with Crippen LogP contribution in [0.25, 0.3) is 11.1 Å². The summed E-state index contributed by atoms with van der Waals surface area (Å²) < 4.78 is 12.5. The number of hydrogen-bond acceptors (Lipinski definition) is 5. The van der Waals surface area contributed by atoms with E-state index in [2.05, 4.69) is 11.8 Å². The smallest absolute Gasteiger partial charge is 0.150 e. The molecule has 5 nitrogen and oxygen atoms in total. The van der Waals surface area contributed by atoms with Crippen LogP contribution in [-0.4, -0.2) is 41.4 Å². The van der Waals surface area contributed by atoms with Gasteiger partial charge in [-0.3, -0.25) is 4.90 Å². The minimum absolute atomic E-state index is 0. The van der Waals surface area contributed by atoms with E-state index in [0.29, 0.717) is 12.4 Å². The molecule has 0 radical (unpaired) electrons. The average Bonchev–Trinajstić information content (AvgIpc) is 2.86. The fourth-order valence-corrected chi connectivity index (χ4v) is 4.90. The van der Waals surface area contributed by atoms with Crippen LogP contribution in [0.2, 0.25) is 0 Å². The lowest BCUT2D eigenvalue weighted by atomic mass is 9.86. The van der Waals surface area contributed by atoms with E-state index in [1.54, 1.807) is 24.3 Å². The normalized spacial score (nSPS) is 17.8. The molecule has 2 aliphatic rings. The monoisotopic (exact) mass is 493 g/mol. The largest absolute Gasteiger partial charge is 0.508 e.